The number of hydrogen-bond donors (Lipinski definition) is 0. The van der Waals surface area contributed by atoms with Crippen molar-refractivity contribution in [2.75, 3.05) is 0 Å². The SMILES string of the molecule is CC(C)c1ccc(Cl)c2c(=O)c3ccccc3sc12. The third-order valence-corrected chi connectivity index (χ3v) is 4.86. The van der Waals surface area contributed by atoms with Crippen molar-refractivity contribution < 1.29 is 0 Å². The number of fused-ring (bicyclic) bond motifs is 2. The maximum absolute atomic E-state index is 12.6. The highest BCUT2D eigenvalue weighted by molar-refractivity contribution is 7.24. The van der Waals surface area contributed by atoms with Crippen LogP contribution in [-0.4, -0.2) is 0 Å². The first-order chi connectivity index (χ1) is 9.09. The van der Waals surface area contributed by atoms with Gasteiger partial charge in [-0.2, -0.15) is 0 Å². The van der Waals surface area contributed by atoms with E-state index in [0.29, 0.717) is 16.3 Å². The lowest BCUT2D eigenvalue weighted by Crippen LogP contribution is -2.03. The summed E-state index contributed by atoms with van der Waals surface area (Å²) < 4.78 is 2.04. The highest BCUT2D eigenvalue weighted by Gasteiger charge is 2.13. The lowest BCUT2D eigenvalue weighted by atomic mass is 10.0. The Balaban J connectivity index is 2.60. The van der Waals surface area contributed by atoms with Gasteiger partial charge in [-0.15, -0.1) is 11.3 Å². The van der Waals surface area contributed by atoms with Crippen molar-refractivity contribution in [3.8, 4) is 0 Å². The van der Waals surface area contributed by atoms with E-state index in [4.69, 9.17) is 11.6 Å². The van der Waals surface area contributed by atoms with E-state index in [1.807, 2.05) is 36.4 Å². The van der Waals surface area contributed by atoms with Gasteiger partial charge in [0.2, 0.25) is 0 Å². The standard InChI is InChI=1S/C16H13ClOS/c1-9(2)10-7-8-12(17)14-15(18)11-5-3-4-6-13(11)19-16(10)14/h3-9H,1-2H3. The Morgan fingerprint density at radius 1 is 1.11 bits per heavy atom. The molecule has 0 fully saturated rings. The number of hydrogen-bond acceptors (Lipinski definition) is 2. The number of rotatable bonds is 1. The van der Waals surface area contributed by atoms with E-state index >= 15 is 0 Å². The lowest BCUT2D eigenvalue weighted by molar-refractivity contribution is 0.878. The van der Waals surface area contributed by atoms with E-state index in [2.05, 4.69) is 13.8 Å². The molecule has 3 heteroatoms. The van der Waals surface area contributed by atoms with Gasteiger partial charge in [-0.25, -0.2) is 0 Å². The molecule has 0 aliphatic rings. The lowest BCUT2D eigenvalue weighted by Gasteiger charge is -2.11. The van der Waals surface area contributed by atoms with Gasteiger partial charge in [0, 0.05) is 14.8 Å². The largest absolute Gasteiger partial charge is 0.288 e. The van der Waals surface area contributed by atoms with Gasteiger partial charge in [-0.05, 0) is 29.7 Å². The third-order valence-electron chi connectivity index (χ3n) is 3.33. The molecule has 0 N–H and O–H groups in total. The average Bonchev–Trinajstić information content (AvgIpc) is 2.38. The number of halogens is 1. The van der Waals surface area contributed by atoms with E-state index in [1.165, 1.54) is 5.56 Å². The van der Waals surface area contributed by atoms with Crippen molar-refractivity contribution in [3.63, 3.8) is 0 Å². The van der Waals surface area contributed by atoms with Crippen LogP contribution < -0.4 is 5.43 Å². The van der Waals surface area contributed by atoms with Crippen molar-refractivity contribution in [3.05, 3.63) is 57.2 Å². The summed E-state index contributed by atoms with van der Waals surface area (Å²) in [4.78, 5) is 12.6. The zero-order valence-corrected chi connectivity index (χ0v) is 12.3. The maximum Gasteiger partial charge on any atom is 0.197 e. The fourth-order valence-corrected chi connectivity index (χ4v) is 4.00. The molecule has 0 aliphatic heterocycles. The zero-order valence-electron chi connectivity index (χ0n) is 10.7. The highest BCUT2D eigenvalue weighted by atomic mass is 35.5. The summed E-state index contributed by atoms with van der Waals surface area (Å²) in [5.41, 5.74) is 1.23. The van der Waals surface area contributed by atoms with Crippen LogP contribution in [0, 0.1) is 0 Å². The molecule has 0 aliphatic carbocycles. The molecule has 0 saturated heterocycles. The smallest absolute Gasteiger partial charge is 0.197 e. The number of benzene rings is 2. The molecule has 19 heavy (non-hydrogen) atoms. The molecular weight excluding hydrogens is 276 g/mol. The third kappa shape index (κ3) is 1.96. The van der Waals surface area contributed by atoms with Crippen molar-refractivity contribution in [2.24, 2.45) is 0 Å². The van der Waals surface area contributed by atoms with Crippen LogP contribution in [0.5, 0.6) is 0 Å². The summed E-state index contributed by atoms with van der Waals surface area (Å²) in [6, 6.07) is 11.6. The van der Waals surface area contributed by atoms with E-state index in [0.717, 1.165) is 14.8 Å². The van der Waals surface area contributed by atoms with E-state index in [1.54, 1.807) is 11.3 Å². The summed E-state index contributed by atoms with van der Waals surface area (Å²) in [6.45, 7) is 4.27. The first-order valence-corrected chi connectivity index (χ1v) is 7.43. The molecule has 0 unspecified atom stereocenters. The Hall–Kier alpha value is -1.38. The van der Waals surface area contributed by atoms with Gasteiger partial charge < -0.3 is 0 Å². The van der Waals surface area contributed by atoms with E-state index in [9.17, 15) is 4.79 Å². The van der Waals surface area contributed by atoms with Crippen LogP contribution in [0.2, 0.25) is 5.02 Å². The molecule has 96 valence electrons. The molecule has 0 amide bonds. The molecule has 0 saturated carbocycles. The highest BCUT2D eigenvalue weighted by Crippen LogP contribution is 2.34. The molecule has 1 heterocycles. The minimum atomic E-state index is 0.0388. The fraction of sp³-hybridized carbons (Fsp3) is 0.188. The van der Waals surface area contributed by atoms with Gasteiger partial charge in [-0.1, -0.05) is 43.6 Å². The van der Waals surface area contributed by atoms with Gasteiger partial charge in [0.1, 0.15) is 0 Å². The van der Waals surface area contributed by atoms with Crippen LogP contribution in [0.15, 0.2) is 41.2 Å². The van der Waals surface area contributed by atoms with Gasteiger partial charge in [-0.3, -0.25) is 4.79 Å². The average molecular weight is 289 g/mol. The normalized spacial score (nSPS) is 11.6. The second kappa shape index (κ2) is 4.62. The van der Waals surface area contributed by atoms with Crippen molar-refractivity contribution >= 4 is 43.1 Å². The van der Waals surface area contributed by atoms with Gasteiger partial charge in [0.15, 0.2) is 5.43 Å². The topological polar surface area (TPSA) is 17.1 Å². The van der Waals surface area contributed by atoms with Gasteiger partial charge >= 0.3 is 0 Å². The molecule has 0 radical (unpaired) electrons. The van der Waals surface area contributed by atoms with Crippen LogP contribution >= 0.6 is 22.9 Å². The summed E-state index contributed by atoms with van der Waals surface area (Å²) >= 11 is 7.90. The Kier molecular flexibility index (Phi) is 3.08. The zero-order chi connectivity index (χ0) is 13.6. The first kappa shape index (κ1) is 12.6. The fourth-order valence-electron chi connectivity index (χ4n) is 2.34. The molecule has 1 aromatic heterocycles. The quantitative estimate of drug-likeness (QED) is 0.563. The monoisotopic (exact) mass is 288 g/mol. The predicted molar refractivity (Wildman–Crippen MR) is 84.7 cm³/mol. The maximum atomic E-state index is 12.6. The van der Waals surface area contributed by atoms with Crippen LogP contribution in [-0.2, 0) is 0 Å². The van der Waals surface area contributed by atoms with Gasteiger partial charge in [0.05, 0.1) is 10.4 Å². The van der Waals surface area contributed by atoms with Crippen molar-refractivity contribution in [1.82, 2.24) is 0 Å². The van der Waals surface area contributed by atoms with E-state index < -0.39 is 0 Å². The Morgan fingerprint density at radius 3 is 2.58 bits per heavy atom. The summed E-state index contributed by atoms with van der Waals surface area (Å²) in [6.07, 6.45) is 0. The molecule has 1 nitrogen and oxygen atoms in total. The second-order valence-corrected chi connectivity index (χ2v) is 6.38. The van der Waals surface area contributed by atoms with Crippen LogP contribution in [0.25, 0.3) is 20.2 Å². The summed E-state index contributed by atoms with van der Waals surface area (Å²) in [5.74, 6) is 0.372. The summed E-state index contributed by atoms with van der Waals surface area (Å²) in [5, 5.41) is 1.96. The predicted octanol–water partition coefficient (Wildman–Crippen LogP) is 5.19. The Bertz CT molecular complexity index is 833. The first-order valence-electron chi connectivity index (χ1n) is 6.23. The molecule has 2 aromatic carbocycles. The van der Waals surface area contributed by atoms with Crippen LogP contribution in [0.4, 0.5) is 0 Å². The second-order valence-electron chi connectivity index (χ2n) is 4.92. The minimum Gasteiger partial charge on any atom is -0.288 e. The molecule has 0 atom stereocenters. The van der Waals surface area contributed by atoms with Crippen molar-refractivity contribution in [1.29, 1.82) is 0 Å². The van der Waals surface area contributed by atoms with Gasteiger partial charge in [0.25, 0.3) is 0 Å². The molecule has 3 aromatic rings. The minimum absolute atomic E-state index is 0.0388. The molecule has 3 rings (SSSR count). The molecule has 0 bridgehead atoms. The van der Waals surface area contributed by atoms with E-state index in [-0.39, 0.29) is 5.43 Å². The molecule has 0 spiro atoms. The Morgan fingerprint density at radius 2 is 1.84 bits per heavy atom. The summed E-state index contributed by atoms with van der Waals surface area (Å²) in [7, 11) is 0. The molecular formula is C16H13ClOS. The van der Waals surface area contributed by atoms with Crippen LogP contribution in [0.3, 0.4) is 0 Å². The van der Waals surface area contributed by atoms with Crippen LogP contribution in [0.1, 0.15) is 25.3 Å². The Labute approximate surface area is 120 Å². The van der Waals surface area contributed by atoms with Crippen molar-refractivity contribution in [2.45, 2.75) is 19.8 Å².